The number of nitrogens with zero attached hydrogens (tertiary/aromatic N) is 2. The van der Waals surface area contributed by atoms with Crippen molar-refractivity contribution >= 4 is 29.7 Å². The van der Waals surface area contributed by atoms with Gasteiger partial charge in [0.2, 0.25) is 5.91 Å². The third-order valence-corrected chi connectivity index (χ3v) is 5.71. The van der Waals surface area contributed by atoms with Crippen molar-refractivity contribution in [1.82, 2.24) is 4.90 Å². The summed E-state index contributed by atoms with van der Waals surface area (Å²) in [5, 5.41) is 3.49. The number of carbonyl (C=O) groups is 1. The summed E-state index contributed by atoms with van der Waals surface area (Å²) in [6, 6.07) is 11.9. The summed E-state index contributed by atoms with van der Waals surface area (Å²) in [7, 11) is 5.27. The van der Waals surface area contributed by atoms with Gasteiger partial charge in [0, 0.05) is 43.5 Å². The minimum Gasteiger partial charge on any atom is -0.497 e. The fourth-order valence-electron chi connectivity index (χ4n) is 4.20. The number of benzene rings is 2. The lowest BCUT2D eigenvalue weighted by Crippen LogP contribution is -2.39. The number of ether oxygens (including phenoxy) is 2. The Morgan fingerprint density at radius 2 is 1.90 bits per heavy atom. The van der Waals surface area contributed by atoms with E-state index >= 15 is 0 Å². The van der Waals surface area contributed by atoms with Gasteiger partial charge in [-0.25, -0.2) is 0 Å². The summed E-state index contributed by atoms with van der Waals surface area (Å²) in [6.45, 7) is 2.43. The third-order valence-electron chi connectivity index (χ3n) is 5.71. The molecule has 0 spiro atoms. The molecule has 7 heteroatoms. The van der Waals surface area contributed by atoms with Gasteiger partial charge in [0.25, 0.3) is 0 Å². The maximum atomic E-state index is 13.2. The van der Waals surface area contributed by atoms with E-state index in [4.69, 9.17) is 9.47 Å². The average Bonchev–Trinajstić information content (AvgIpc) is 3.34. The lowest BCUT2D eigenvalue weighted by molar-refractivity contribution is -0.121. The second kappa shape index (κ2) is 8.93. The minimum absolute atomic E-state index is 0. The first-order valence-electron chi connectivity index (χ1n) is 9.70. The molecule has 6 nitrogen and oxygen atoms in total. The van der Waals surface area contributed by atoms with Gasteiger partial charge in [0.1, 0.15) is 11.5 Å². The Morgan fingerprint density at radius 1 is 1.17 bits per heavy atom. The molecule has 2 aromatic carbocycles. The highest BCUT2D eigenvalue weighted by molar-refractivity contribution is 5.99. The first-order chi connectivity index (χ1) is 13.6. The predicted molar refractivity (Wildman–Crippen MR) is 118 cm³/mol. The summed E-state index contributed by atoms with van der Waals surface area (Å²) in [4.78, 5) is 17.2. The number of fused-ring (bicyclic) bond motifs is 1. The number of para-hydroxylation sites is 1. The Morgan fingerprint density at radius 3 is 2.59 bits per heavy atom. The van der Waals surface area contributed by atoms with Crippen LogP contribution in [0.4, 0.5) is 11.4 Å². The molecule has 0 bridgehead atoms. The smallest absolute Gasteiger partial charge is 0.244 e. The van der Waals surface area contributed by atoms with E-state index in [2.05, 4.69) is 28.4 Å². The van der Waals surface area contributed by atoms with Gasteiger partial charge >= 0.3 is 0 Å². The summed E-state index contributed by atoms with van der Waals surface area (Å²) in [5.74, 6) is 1.49. The average molecular weight is 418 g/mol. The van der Waals surface area contributed by atoms with Crippen LogP contribution in [-0.2, 0) is 17.8 Å². The highest BCUT2D eigenvalue weighted by Crippen LogP contribution is 2.33. The number of hydrogen-bond acceptors (Lipinski definition) is 5. The Balaban J connectivity index is 0.00000240. The van der Waals surface area contributed by atoms with Crippen LogP contribution in [-0.4, -0.2) is 51.2 Å². The van der Waals surface area contributed by atoms with Crippen LogP contribution in [0.15, 0.2) is 36.4 Å². The van der Waals surface area contributed by atoms with E-state index in [0.717, 1.165) is 31.6 Å². The highest BCUT2D eigenvalue weighted by Gasteiger charge is 2.36. The molecule has 0 saturated carbocycles. The monoisotopic (exact) mass is 417 g/mol. The Labute approximate surface area is 178 Å². The second-order valence-electron chi connectivity index (χ2n) is 7.41. The maximum absolute atomic E-state index is 13.2. The molecule has 1 unspecified atom stereocenters. The first kappa shape index (κ1) is 21.3. The zero-order valence-electron chi connectivity index (χ0n) is 17.1. The summed E-state index contributed by atoms with van der Waals surface area (Å²) >= 11 is 0. The third kappa shape index (κ3) is 4.14. The molecule has 1 atom stereocenters. The number of rotatable bonds is 6. The summed E-state index contributed by atoms with van der Waals surface area (Å²) in [6.07, 6.45) is 1.87. The van der Waals surface area contributed by atoms with Gasteiger partial charge in [-0.2, -0.15) is 0 Å². The van der Waals surface area contributed by atoms with Crippen LogP contribution in [0.3, 0.4) is 0 Å². The molecule has 2 heterocycles. The van der Waals surface area contributed by atoms with E-state index < -0.39 is 0 Å². The maximum Gasteiger partial charge on any atom is 0.244 e. The van der Waals surface area contributed by atoms with Crippen molar-refractivity contribution in [3.05, 3.63) is 47.5 Å². The molecule has 4 rings (SSSR count). The molecule has 156 valence electrons. The normalized spacial score (nSPS) is 17.7. The zero-order valence-corrected chi connectivity index (χ0v) is 17.9. The van der Waals surface area contributed by atoms with E-state index in [0.29, 0.717) is 18.0 Å². The first-order valence-corrected chi connectivity index (χ1v) is 9.70. The van der Waals surface area contributed by atoms with Crippen LogP contribution in [0, 0.1) is 0 Å². The summed E-state index contributed by atoms with van der Waals surface area (Å²) in [5.41, 5.74) is 4.69. The summed E-state index contributed by atoms with van der Waals surface area (Å²) < 4.78 is 10.7. The van der Waals surface area contributed by atoms with Crippen molar-refractivity contribution in [3.8, 4) is 11.5 Å². The van der Waals surface area contributed by atoms with Gasteiger partial charge in [0.15, 0.2) is 0 Å². The lowest BCUT2D eigenvalue weighted by Gasteiger charge is -2.25. The topological polar surface area (TPSA) is 54.0 Å². The fraction of sp³-hybridized carbons (Fsp3) is 0.409. The Hall–Kier alpha value is -2.44. The predicted octanol–water partition coefficient (Wildman–Crippen LogP) is 3.33. The van der Waals surface area contributed by atoms with E-state index in [1.54, 1.807) is 14.2 Å². The number of amides is 1. The highest BCUT2D eigenvalue weighted by atomic mass is 35.5. The number of carbonyl (C=O) groups excluding carboxylic acids is 1. The SMILES string of the molecule is COc1cc(OC)cc(N2CCC(N(C)Cc3cccc4c3NCC4)C2=O)c1.Cl. The zero-order chi connectivity index (χ0) is 19.7. The van der Waals surface area contributed by atoms with Crippen LogP contribution in [0.5, 0.6) is 11.5 Å². The standard InChI is InChI=1S/C22H27N3O3.ClH/c1-24(14-16-6-4-5-15-7-9-23-21(15)16)20-8-10-25(22(20)26)17-11-18(27-2)13-19(12-17)28-3;/h4-6,11-13,20,23H,7-10,14H2,1-3H3;1H. The molecule has 0 aromatic heterocycles. The quantitative estimate of drug-likeness (QED) is 0.781. The van der Waals surface area contributed by atoms with E-state index in [9.17, 15) is 4.79 Å². The molecule has 2 aliphatic rings. The molecule has 2 aliphatic heterocycles. The van der Waals surface area contributed by atoms with Gasteiger partial charge < -0.3 is 19.7 Å². The number of anilines is 2. The molecular formula is C22H28ClN3O3. The number of nitrogens with one attached hydrogen (secondary N) is 1. The molecule has 1 amide bonds. The van der Waals surface area contributed by atoms with Gasteiger partial charge in [-0.05, 0) is 31.0 Å². The van der Waals surface area contributed by atoms with Crippen molar-refractivity contribution in [2.45, 2.75) is 25.4 Å². The van der Waals surface area contributed by atoms with E-state index in [1.807, 2.05) is 30.1 Å². The molecular weight excluding hydrogens is 390 g/mol. The van der Waals surface area contributed by atoms with Crippen molar-refractivity contribution in [3.63, 3.8) is 0 Å². The molecule has 29 heavy (non-hydrogen) atoms. The minimum atomic E-state index is -0.130. The van der Waals surface area contributed by atoms with Crippen molar-refractivity contribution in [2.24, 2.45) is 0 Å². The van der Waals surface area contributed by atoms with E-state index in [-0.39, 0.29) is 24.4 Å². The fourth-order valence-corrected chi connectivity index (χ4v) is 4.20. The molecule has 0 aliphatic carbocycles. The number of likely N-dealkylation sites (N-methyl/N-ethyl adjacent to an activating group) is 1. The molecule has 1 saturated heterocycles. The second-order valence-corrected chi connectivity index (χ2v) is 7.41. The van der Waals surface area contributed by atoms with Crippen molar-refractivity contribution in [2.75, 3.05) is 44.6 Å². The van der Waals surface area contributed by atoms with Crippen molar-refractivity contribution < 1.29 is 14.3 Å². The van der Waals surface area contributed by atoms with Gasteiger partial charge in [-0.15, -0.1) is 12.4 Å². The van der Waals surface area contributed by atoms with Crippen LogP contribution in [0.25, 0.3) is 0 Å². The molecule has 1 N–H and O–H groups in total. The van der Waals surface area contributed by atoms with Crippen LogP contribution in [0.1, 0.15) is 17.5 Å². The van der Waals surface area contributed by atoms with E-state index in [1.165, 1.54) is 16.8 Å². The molecule has 2 aromatic rings. The van der Waals surface area contributed by atoms with Gasteiger partial charge in [-0.1, -0.05) is 18.2 Å². The number of hydrogen-bond donors (Lipinski definition) is 1. The van der Waals surface area contributed by atoms with Crippen LogP contribution < -0.4 is 19.7 Å². The molecule has 0 radical (unpaired) electrons. The van der Waals surface area contributed by atoms with Crippen LogP contribution >= 0.6 is 12.4 Å². The Kier molecular flexibility index (Phi) is 6.55. The van der Waals surface area contributed by atoms with Gasteiger partial charge in [0.05, 0.1) is 25.9 Å². The Bertz CT molecular complexity index is 867. The number of halogens is 1. The van der Waals surface area contributed by atoms with Gasteiger partial charge in [-0.3, -0.25) is 9.69 Å². The number of methoxy groups -OCH3 is 2. The molecule has 1 fully saturated rings. The van der Waals surface area contributed by atoms with Crippen LogP contribution in [0.2, 0.25) is 0 Å². The van der Waals surface area contributed by atoms with Crippen molar-refractivity contribution in [1.29, 1.82) is 0 Å². The lowest BCUT2D eigenvalue weighted by atomic mass is 10.1. The largest absolute Gasteiger partial charge is 0.497 e.